The summed E-state index contributed by atoms with van der Waals surface area (Å²) in [4.78, 5) is 11.7. The summed E-state index contributed by atoms with van der Waals surface area (Å²) in [6.07, 6.45) is -0.0898. The zero-order valence-electron chi connectivity index (χ0n) is 10.7. The fourth-order valence-corrected chi connectivity index (χ4v) is 2.05. The number of hydrogen-bond acceptors (Lipinski definition) is 4. The van der Waals surface area contributed by atoms with Gasteiger partial charge >= 0.3 is 6.09 Å². The summed E-state index contributed by atoms with van der Waals surface area (Å²) < 4.78 is 10.6. The smallest absolute Gasteiger partial charge is 0.407 e. The maximum Gasteiger partial charge on any atom is 0.407 e. The molecule has 5 heteroatoms. The maximum absolute atomic E-state index is 11.7. The molecule has 19 heavy (non-hydrogen) atoms. The van der Waals surface area contributed by atoms with Gasteiger partial charge in [0.2, 0.25) is 0 Å². The molecule has 0 aromatic heterocycles. The molecular formula is C14H19NO4. The van der Waals surface area contributed by atoms with Crippen LogP contribution in [0.25, 0.3) is 0 Å². The summed E-state index contributed by atoms with van der Waals surface area (Å²) in [6, 6.07) is 9.64. The molecule has 2 atom stereocenters. The van der Waals surface area contributed by atoms with E-state index < -0.39 is 6.09 Å². The average Bonchev–Trinajstić information content (AvgIpc) is 2.47. The van der Waals surface area contributed by atoms with E-state index in [1.165, 1.54) is 0 Å². The lowest BCUT2D eigenvalue weighted by atomic mass is 10.00. The van der Waals surface area contributed by atoms with Crippen molar-refractivity contribution < 1.29 is 19.4 Å². The molecule has 1 aromatic rings. The van der Waals surface area contributed by atoms with E-state index in [2.05, 4.69) is 5.32 Å². The molecule has 1 aromatic carbocycles. The predicted molar refractivity (Wildman–Crippen MR) is 69.6 cm³/mol. The van der Waals surface area contributed by atoms with Gasteiger partial charge in [0.05, 0.1) is 19.8 Å². The first-order valence-electron chi connectivity index (χ1n) is 6.46. The number of rotatable bonds is 4. The van der Waals surface area contributed by atoms with E-state index in [0.717, 1.165) is 5.56 Å². The molecule has 2 N–H and O–H groups in total. The first-order chi connectivity index (χ1) is 9.29. The Kier molecular flexibility index (Phi) is 5.18. The second-order valence-corrected chi connectivity index (χ2v) is 4.59. The van der Waals surface area contributed by atoms with Gasteiger partial charge in [0.15, 0.2) is 0 Å². The van der Waals surface area contributed by atoms with Gasteiger partial charge < -0.3 is 19.9 Å². The van der Waals surface area contributed by atoms with Gasteiger partial charge in [-0.25, -0.2) is 4.79 Å². The van der Waals surface area contributed by atoms with Crippen LogP contribution in [0.15, 0.2) is 30.3 Å². The van der Waals surface area contributed by atoms with Crippen molar-refractivity contribution in [1.29, 1.82) is 0 Å². The quantitative estimate of drug-likeness (QED) is 0.861. The standard InChI is InChI=1S/C14H19NO4/c16-9-12-10-18-7-6-13(12)19-14(17)15-8-11-4-2-1-3-5-11/h1-5,12-13,16H,6-10H2,(H,15,17)/t12-,13-/m0/s1. The van der Waals surface area contributed by atoms with Gasteiger partial charge in [-0.2, -0.15) is 0 Å². The van der Waals surface area contributed by atoms with Gasteiger partial charge in [0.25, 0.3) is 0 Å². The number of aliphatic hydroxyl groups is 1. The van der Waals surface area contributed by atoms with E-state index in [1.807, 2.05) is 30.3 Å². The van der Waals surface area contributed by atoms with Crippen molar-refractivity contribution in [2.45, 2.75) is 19.1 Å². The molecule has 0 aliphatic carbocycles. The van der Waals surface area contributed by atoms with Crippen molar-refractivity contribution in [2.24, 2.45) is 5.92 Å². The minimum absolute atomic E-state index is 0.0311. The van der Waals surface area contributed by atoms with E-state index >= 15 is 0 Å². The van der Waals surface area contributed by atoms with Crippen molar-refractivity contribution >= 4 is 6.09 Å². The van der Waals surface area contributed by atoms with Crippen LogP contribution in [0.2, 0.25) is 0 Å². The van der Waals surface area contributed by atoms with Gasteiger partial charge in [-0.3, -0.25) is 0 Å². The zero-order chi connectivity index (χ0) is 13.5. The summed E-state index contributed by atoms with van der Waals surface area (Å²) >= 11 is 0. The van der Waals surface area contributed by atoms with Crippen LogP contribution in [0, 0.1) is 5.92 Å². The number of hydrogen-bond donors (Lipinski definition) is 2. The third-order valence-electron chi connectivity index (χ3n) is 3.18. The van der Waals surface area contributed by atoms with E-state index in [9.17, 15) is 9.90 Å². The first kappa shape index (κ1) is 13.8. The minimum Gasteiger partial charge on any atom is -0.446 e. The normalized spacial score (nSPS) is 22.8. The molecule has 1 saturated heterocycles. The minimum atomic E-state index is -0.450. The van der Waals surface area contributed by atoms with E-state index in [-0.39, 0.29) is 18.6 Å². The molecule has 1 heterocycles. The fraction of sp³-hybridized carbons (Fsp3) is 0.500. The van der Waals surface area contributed by atoms with Crippen molar-refractivity contribution in [3.8, 4) is 0 Å². The number of alkyl carbamates (subject to hydrolysis) is 1. The van der Waals surface area contributed by atoms with Crippen LogP contribution < -0.4 is 5.32 Å². The van der Waals surface area contributed by atoms with Crippen molar-refractivity contribution in [3.63, 3.8) is 0 Å². The van der Waals surface area contributed by atoms with Crippen LogP contribution in [0.1, 0.15) is 12.0 Å². The molecule has 1 aliphatic heterocycles. The van der Waals surface area contributed by atoms with Crippen LogP contribution in [0.5, 0.6) is 0 Å². The Balaban J connectivity index is 1.77. The summed E-state index contributed by atoms with van der Waals surface area (Å²) in [7, 11) is 0. The predicted octanol–water partition coefficient (Wildman–Crippen LogP) is 1.31. The summed E-state index contributed by atoms with van der Waals surface area (Å²) in [5, 5.41) is 11.9. The molecule has 104 valence electrons. The number of carbonyl (C=O) groups is 1. The number of benzene rings is 1. The highest BCUT2D eigenvalue weighted by molar-refractivity contribution is 5.67. The molecule has 0 spiro atoms. The summed E-state index contributed by atoms with van der Waals surface area (Å²) in [5.74, 6) is -0.128. The molecule has 2 rings (SSSR count). The molecule has 1 aliphatic rings. The van der Waals surface area contributed by atoms with E-state index in [0.29, 0.717) is 26.2 Å². The third kappa shape index (κ3) is 4.22. The maximum atomic E-state index is 11.7. The number of carbonyl (C=O) groups excluding carboxylic acids is 1. The lowest BCUT2D eigenvalue weighted by molar-refractivity contribution is -0.0593. The van der Waals surface area contributed by atoms with E-state index in [4.69, 9.17) is 9.47 Å². The highest BCUT2D eigenvalue weighted by Gasteiger charge is 2.28. The molecule has 0 bridgehead atoms. The van der Waals surface area contributed by atoms with Gasteiger partial charge in [-0.05, 0) is 5.56 Å². The van der Waals surface area contributed by atoms with Crippen LogP contribution in [0.3, 0.4) is 0 Å². The van der Waals surface area contributed by atoms with Gasteiger partial charge in [-0.15, -0.1) is 0 Å². The molecular weight excluding hydrogens is 246 g/mol. The number of ether oxygens (including phenoxy) is 2. The van der Waals surface area contributed by atoms with Crippen LogP contribution in [-0.2, 0) is 16.0 Å². The molecule has 0 unspecified atom stereocenters. The summed E-state index contributed by atoms with van der Waals surface area (Å²) in [6.45, 7) is 1.41. The number of nitrogens with one attached hydrogen (secondary N) is 1. The highest BCUT2D eigenvalue weighted by atomic mass is 16.6. The number of aliphatic hydroxyl groups excluding tert-OH is 1. The Hall–Kier alpha value is -1.59. The largest absolute Gasteiger partial charge is 0.446 e. The van der Waals surface area contributed by atoms with Crippen molar-refractivity contribution in [1.82, 2.24) is 5.32 Å². The number of amides is 1. The monoisotopic (exact) mass is 265 g/mol. The van der Waals surface area contributed by atoms with Crippen LogP contribution >= 0.6 is 0 Å². The lowest BCUT2D eigenvalue weighted by Gasteiger charge is -2.29. The zero-order valence-corrected chi connectivity index (χ0v) is 10.7. The Morgan fingerprint density at radius 1 is 1.42 bits per heavy atom. The highest BCUT2D eigenvalue weighted by Crippen LogP contribution is 2.17. The molecule has 1 fully saturated rings. The summed E-state index contributed by atoms with van der Waals surface area (Å²) in [5.41, 5.74) is 1.02. The van der Waals surface area contributed by atoms with Crippen LogP contribution in [0.4, 0.5) is 4.79 Å². The Morgan fingerprint density at radius 2 is 2.21 bits per heavy atom. The Morgan fingerprint density at radius 3 is 2.95 bits per heavy atom. The molecule has 5 nitrogen and oxygen atoms in total. The Bertz CT molecular complexity index is 396. The first-order valence-corrected chi connectivity index (χ1v) is 6.46. The van der Waals surface area contributed by atoms with Gasteiger partial charge in [0.1, 0.15) is 6.10 Å². The van der Waals surface area contributed by atoms with Crippen LogP contribution in [-0.4, -0.2) is 37.1 Å². The molecule has 0 saturated carbocycles. The van der Waals surface area contributed by atoms with E-state index in [1.54, 1.807) is 0 Å². The average molecular weight is 265 g/mol. The second kappa shape index (κ2) is 7.11. The topological polar surface area (TPSA) is 67.8 Å². The molecule has 0 radical (unpaired) electrons. The third-order valence-corrected chi connectivity index (χ3v) is 3.18. The lowest BCUT2D eigenvalue weighted by Crippen LogP contribution is -2.40. The SMILES string of the molecule is O=C(NCc1ccccc1)O[C@H]1CCOC[C@@H]1CO. The fourth-order valence-electron chi connectivity index (χ4n) is 2.05. The van der Waals surface area contributed by atoms with Crippen molar-refractivity contribution in [3.05, 3.63) is 35.9 Å². The Labute approximate surface area is 112 Å². The molecule has 1 amide bonds. The second-order valence-electron chi connectivity index (χ2n) is 4.59. The van der Waals surface area contributed by atoms with Gasteiger partial charge in [-0.1, -0.05) is 30.3 Å². The van der Waals surface area contributed by atoms with Crippen molar-refractivity contribution in [2.75, 3.05) is 19.8 Å². The van der Waals surface area contributed by atoms with Gasteiger partial charge in [0, 0.05) is 18.9 Å².